The van der Waals surface area contributed by atoms with Crippen LogP contribution < -0.4 is 0 Å². The zero-order valence-corrected chi connectivity index (χ0v) is 13.9. The van der Waals surface area contributed by atoms with Crippen molar-refractivity contribution in [1.29, 1.82) is 0 Å². The molecule has 0 radical (unpaired) electrons. The van der Waals surface area contributed by atoms with E-state index in [-0.39, 0.29) is 42.9 Å². The standard InChI is InChI=1S/C18H26O4/c1-13(2)18(20)22-12-14(3)11-21-17(19)10-15(4)16-8-6-5-7-9-16/h5-9,13-15H,10-12H2,1-4H3. The van der Waals surface area contributed by atoms with Gasteiger partial charge in [0, 0.05) is 5.92 Å². The number of hydrogen-bond donors (Lipinski definition) is 0. The summed E-state index contributed by atoms with van der Waals surface area (Å²) >= 11 is 0. The Kier molecular flexibility index (Phi) is 7.64. The molecule has 0 heterocycles. The van der Waals surface area contributed by atoms with Crippen LogP contribution in [0.1, 0.15) is 45.6 Å². The lowest BCUT2D eigenvalue weighted by atomic mass is 9.98. The zero-order chi connectivity index (χ0) is 16.5. The maximum atomic E-state index is 11.8. The molecule has 0 fully saturated rings. The summed E-state index contributed by atoms with van der Waals surface area (Å²) in [7, 11) is 0. The van der Waals surface area contributed by atoms with Gasteiger partial charge in [-0.05, 0) is 11.5 Å². The van der Waals surface area contributed by atoms with E-state index in [9.17, 15) is 9.59 Å². The molecule has 0 N–H and O–H groups in total. The fourth-order valence-electron chi connectivity index (χ4n) is 1.88. The lowest BCUT2D eigenvalue weighted by molar-refractivity contribution is -0.151. The largest absolute Gasteiger partial charge is 0.465 e. The molecule has 122 valence electrons. The molecule has 1 aromatic carbocycles. The molecule has 2 unspecified atom stereocenters. The molecule has 0 aliphatic heterocycles. The van der Waals surface area contributed by atoms with Crippen LogP contribution in [0.25, 0.3) is 0 Å². The molecule has 2 atom stereocenters. The van der Waals surface area contributed by atoms with Gasteiger partial charge in [0.2, 0.25) is 0 Å². The first-order valence-corrected chi connectivity index (χ1v) is 7.77. The minimum Gasteiger partial charge on any atom is -0.465 e. The van der Waals surface area contributed by atoms with Gasteiger partial charge in [0.1, 0.15) is 0 Å². The third-order valence-electron chi connectivity index (χ3n) is 3.35. The molecule has 0 aliphatic carbocycles. The Bertz CT molecular complexity index is 467. The van der Waals surface area contributed by atoms with E-state index in [1.807, 2.05) is 44.2 Å². The van der Waals surface area contributed by atoms with Crippen molar-refractivity contribution in [3.63, 3.8) is 0 Å². The summed E-state index contributed by atoms with van der Waals surface area (Å²) in [5.41, 5.74) is 1.12. The van der Waals surface area contributed by atoms with Crippen molar-refractivity contribution in [1.82, 2.24) is 0 Å². The minimum atomic E-state index is -0.226. The van der Waals surface area contributed by atoms with Crippen LogP contribution in [0.5, 0.6) is 0 Å². The number of hydrogen-bond acceptors (Lipinski definition) is 4. The summed E-state index contributed by atoms with van der Waals surface area (Å²) in [6.07, 6.45) is 0.350. The number of rotatable bonds is 8. The van der Waals surface area contributed by atoms with Gasteiger partial charge in [0.25, 0.3) is 0 Å². The van der Waals surface area contributed by atoms with Crippen LogP contribution in [0.2, 0.25) is 0 Å². The van der Waals surface area contributed by atoms with E-state index in [4.69, 9.17) is 9.47 Å². The number of esters is 2. The molecule has 22 heavy (non-hydrogen) atoms. The van der Waals surface area contributed by atoms with Gasteiger partial charge < -0.3 is 9.47 Å². The second kappa shape index (κ2) is 9.23. The van der Waals surface area contributed by atoms with E-state index >= 15 is 0 Å². The van der Waals surface area contributed by atoms with Gasteiger partial charge in [-0.1, -0.05) is 58.0 Å². The highest BCUT2D eigenvalue weighted by Crippen LogP contribution is 2.19. The van der Waals surface area contributed by atoms with E-state index in [2.05, 4.69) is 0 Å². The van der Waals surface area contributed by atoms with E-state index in [1.165, 1.54) is 0 Å². The zero-order valence-electron chi connectivity index (χ0n) is 13.9. The van der Waals surface area contributed by atoms with Crippen molar-refractivity contribution in [3.8, 4) is 0 Å². The maximum absolute atomic E-state index is 11.8. The van der Waals surface area contributed by atoms with Crippen LogP contribution in [0, 0.1) is 11.8 Å². The molecular weight excluding hydrogens is 280 g/mol. The van der Waals surface area contributed by atoms with Crippen molar-refractivity contribution in [2.75, 3.05) is 13.2 Å². The molecule has 1 rings (SSSR count). The van der Waals surface area contributed by atoms with E-state index < -0.39 is 0 Å². The molecule has 0 aliphatic rings. The van der Waals surface area contributed by atoms with Crippen molar-refractivity contribution < 1.29 is 19.1 Å². The average molecular weight is 306 g/mol. The fraction of sp³-hybridized carbons (Fsp3) is 0.556. The normalized spacial score (nSPS) is 13.5. The molecule has 0 saturated carbocycles. The molecule has 0 aromatic heterocycles. The van der Waals surface area contributed by atoms with E-state index in [0.717, 1.165) is 5.56 Å². The van der Waals surface area contributed by atoms with Gasteiger partial charge in [-0.3, -0.25) is 9.59 Å². The monoisotopic (exact) mass is 306 g/mol. The average Bonchev–Trinajstić information content (AvgIpc) is 2.51. The first-order valence-electron chi connectivity index (χ1n) is 7.77. The van der Waals surface area contributed by atoms with E-state index in [0.29, 0.717) is 6.42 Å². The lowest BCUT2D eigenvalue weighted by Gasteiger charge is -2.15. The summed E-state index contributed by atoms with van der Waals surface area (Å²) in [6.45, 7) is 8.02. The summed E-state index contributed by atoms with van der Waals surface area (Å²) in [4.78, 5) is 23.2. The third-order valence-corrected chi connectivity index (χ3v) is 3.35. The van der Waals surface area contributed by atoms with Gasteiger partial charge >= 0.3 is 11.9 Å². The van der Waals surface area contributed by atoms with Crippen LogP contribution in [-0.4, -0.2) is 25.2 Å². The second-order valence-corrected chi connectivity index (χ2v) is 6.09. The van der Waals surface area contributed by atoms with Gasteiger partial charge in [0.15, 0.2) is 0 Å². The van der Waals surface area contributed by atoms with Crippen molar-refractivity contribution in [2.24, 2.45) is 11.8 Å². The van der Waals surface area contributed by atoms with Crippen LogP contribution in [0.15, 0.2) is 30.3 Å². The first-order chi connectivity index (χ1) is 10.4. The molecule has 0 amide bonds. The minimum absolute atomic E-state index is 0.00122. The third kappa shape index (κ3) is 6.74. The summed E-state index contributed by atoms with van der Waals surface area (Å²) < 4.78 is 10.4. The highest BCUT2D eigenvalue weighted by Gasteiger charge is 2.15. The number of carbonyl (C=O) groups excluding carboxylic acids is 2. The summed E-state index contributed by atoms with van der Waals surface area (Å²) in [5.74, 6) is -0.461. The molecular formula is C18H26O4. The van der Waals surface area contributed by atoms with Gasteiger partial charge in [-0.25, -0.2) is 0 Å². The Labute approximate surface area is 132 Å². The molecule has 0 saturated heterocycles. The van der Waals surface area contributed by atoms with Gasteiger partial charge in [-0.15, -0.1) is 0 Å². The van der Waals surface area contributed by atoms with E-state index in [1.54, 1.807) is 13.8 Å². The molecule has 1 aromatic rings. The first kappa shape index (κ1) is 18.2. The van der Waals surface area contributed by atoms with Gasteiger partial charge in [-0.2, -0.15) is 0 Å². The Morgan fingerprint density at radius 2 is 1.55 bits per heavy atom. The molecule has 4 heteroatoms. The van der Waals surface area contributed by atoms with Crippen LogP contribution in [0.3, 0.4) is 0 Å². The SMILES string of the molecule is CC(COC(=O)CC(C)c1ccccc1)COC(=O)C(C)C. The predicted octanol–water partition coefficient (Wildman–Crippen LogP) is 3.56. The second-order valence-electron chi connectivity index (χ2n) is 6.09. The lowest BCUT2D eigenvalue weighted by Crippen LogP contribution is -2.21. The quantitative estimate of drug-likeness (QED) is 0.689. The van der Waals surface area contributed by atoms with Crippen LogP contribution in [0.4, 0.5) is 0 Å². The number of ether oxygens (including phenoxy) is 2. The Hall–Kier alpha value is -1.84. The maximum Gasteiger partial charge on any atom is 0.308 e. The smallest absolute Gasteiger partial charge is 0.308 e. The number of carbonyl (C=O) groups is 2. The highest BCUT2D eigenvalue weighted by atomic mass is 16.5. The highest BCUT2D eigenvalue weighted by molar-refractivity contribution is 5.71. The molecule has 4 nitrogen and oxygen atoms in total. The summed E-state index contributed by atoms with van der Waals surface area (Å²) in [6, 6.07) is 9.89. The molecule has 0 bridgehead atoms. The fourth-order valence-corrected chi connectivity index (χ4v) is 1.88. The van der Waals surface area contributed by atoms with Crippen molar-refractivity contribution in [3.05, 3.63) is 35.9 Å². The Morgan fingerprint density at radius 1 is 0.955 bits per heavy atom. The van der Waals surface area contributed by atoms with Crippen molar-refractivity contribution in [2.45, 2.75) is 40.0 Å². The molecule has 0 spiro atoms. The Morgan fingerprint density at radius 3 is 2.14 bits per heavy atom. The van der Waals surface area contributed by atoms with Crippen molar-refractivity contribution >= 4 is 11.9 Å². The van der Waals surface area contributed by atoms with Crippen LogP contribution >= 0.6 is 0 Å². The Balaban J connectivity index is 2.26. The topological polar surface area (TPSA) is 52.6 Å². The van der Waals surface area contributed by atoms with Crippen LogP contribution in [-0.2, 0) is 19.1 Å². The number of benzene rings is 1. The predicted molar refractivity (Wildman–Crippen MR) is 85.4 cm³/mol. The van der Waals surface area contributed by atoms with Gasteiger partial charge in [0.05, 0.1) is 25.6 Å². The summed E-state index contributed by atoms with van der Waals surface area (Å²) in [5, 5.41) is 0.